The number of hydrogen-bond acceptors (Lipinski definition) is 5. The van der Waals surface area contributed by atoms with Gasteiger partial charge in [0.15, 0.2) is 0 Å². The molecule has 7 nitrogen and oxygen atoms in total. The number of H-pyrrole nitrogens is 1. The van der Waals surface area contributed by atoms with Crippen molar-refractivity contribution in [2.75, 3.05) is 31.6 Å². The lowest BCUT2D eigenvalue weighted by Crippen LogP contribution is -2.44. The molecular formula is C14H16FN5O2. The van der Waals surface area contributed by atoms with Gasteiger partial charge in [-0.15, -0.1) is 0 Å². The molecule has 1 amide bonds. The number of amides is 1. The van der Waals surface area contributed by atoms with Gasteiger partial charge in [-0.25, -0.2) is 9.49 Å². The molecule has 0 radical (unpaired) electrons. The Morgan fingerprint density at radius 2 is 2.23 bits per heavy atom. The molecule has 0 saturated carbocycles. The molecule has 0 spiro atoms. The van der Waals surface area contributed by atoms with E-state index in [9.17, 15) is 9.18 Å². The van der Waals surface area contributed by atoms with Crippen molar-refractivity contribution in [1.82, 2.24) is 20.1 Å². The molecule has 1 atom stereocenters. The van der Waals surface area contributed by atoms with E-state index in [1.165, 1.54) is 18.5 Å². The Morgan fingerprint density at radius 1 is 1.41 bits per heavy atom. The van der Waals surface area contributed by atoms with Gasteiger partial charge in [-0.1, -0.05) is 12.1 Å². The number of carbonyl (C=O) groups is 1. The number of aromatic nitrogens is 3. The second kappa shape index (κ2) is 6.63. The van der Waals surface area contributed by atoms with Crippen molar-refractivity contribution in [3.05, 3.63) is 42.0 Å². The largest absolute Gasteiger partial charge is 0.379 e. The highest BCUT2D eigenvalue weighted by Crippen LogP contribution is 2.24. The number of carbonyl (C=O) groups excluding carboxylic acids is 1. The highest BCUT2D eigenvalue weighted by molar-refractivity contribution is 5.94. The summed E-state index contributed by atoms with van der Waals surface area (Å²) in [4.78, 5) is 18.5. The van der Waals surface area contributed by atoms with Crippen molar-refractivity contribution in [1.29, 1.82) is 0 Å². The van der Waals surface area contributed by atoms with Crippen LogP contribution in [0, 0.1) is 5.82 Å². The van der Waals surface area contributed by atoms with Crippen LogP contribution >= 0.6 is 0 Å². The summed E-state index contributed by atoms with van der Waals surface area (Å²) in [7, 11) is 0. The molecule has 8 heteroatoms. The molecule has 1 fully saturated rings. The summed E-state index contributed by atoms with van der Waals surface area (Å²) < 4.78 is 18.9. The van der Waals surface area contributed by atoms with Gasteiger partial charge in [0.25, 0.3) is 0 Å². The molecule has 1 aliphatic heterocycles. The first-order chi connectivity index (χ1) is 10.7. The minimum atomic E-state index is -0.607. The lowest BCUT2D eigenvalue weighted by molar-refractivity contribution is -0.123. The third-order valence-electron chi connectivity index (χ3n) is 3.48. The fraction of sp³-hybridized carbons (Fsp3) is 0.357. The molecule has 116 valence electrons. The second-order valence-corrected chi connectivity index (χ2v) is 4.93. The van der Waals surface area contributed by atoms with Gasteiger partial charge < -0.3 is 4.74 Å². The van der Waals surface area contributed by atoms with Crippen LogP contribution in [-0.2, 0) is 9.53 Å². The van der Waals surface area contributed by atoms with E-state index in [1.807, 2.05) is 4.90 Å². The SMILES string of the molecule is O=C(Nc1ncn[nH]1)[C@H](c1cccc(F)c1)N1CCOCC1. The highest BCUT2D eigenvalue weighted by atomic mass is 19.1. The van der Waals surface area contributed by atoms with Crippen LogP contribution in [0.3, 0.4) is 0 Å². The zero-order chi connectivity index (χ0) is 15.4. The van der Waals surface area contributed by atoms with E-state index in [0.29, 0.717) is 31.9 Å². The zero-order valence-corrected chi connectivity index (χ0v) is 11.8. The Morgan fingerprint density at radius 3 is 2.91 bits per heavy atom. The molecular weight excluding hydrogens is 289 g/mol. The van der Waals surface area contributed by atoms with Crippen LogP contribution in [0.4, 0.5) is 10.3 Å². The quantitative estimate of drug-likeness (QED) is 0.879. The number of nitrogens with one attached hydrogen (secondary N) is 2. The molecule has 22 heavy (non-hydrogen) atoms. The average Bonchev–Trinajstić information content (AvgIpc) is 3.01. The number of aromatic amines is 1. The van der Waals surface area contributed by atoms with Crippen molar-refractivity contribution in [3.63, 3.8) is 0 Å². The van der Waals surface area contributed by atoms with E-state index in [-0.39, 0.29) is 17.7 Å². The fourth-order valence-corrected chi connectivity index (χ4v) is 2.49. The normalized spacial score (nSPS) is 17.1. The van der Waals surface area contributed by atoms with Gasteiger partial charge in [0.1, 0.15) is 18.2 Å². The highest BCUT2D eigenvalue weighted by Gasteiger charge is 2.29. The van der Waals surface area contributed by atoms with E-state index >= 15 is 0 Å². The third kappa shape index (κ3) is 3.29. The Kier molecular flexibility index (Phi) is 4.40. The Labute approximate surface area is 126 Å². The summed E-state index contributed by atoms with van der Waals surface area (Å²) in [5.41, 5.74) is 0.596. The maximum Gasteiger partial charge on any atom is 0.248 e. The number of ether oxygens (including phenoxy) is 1. The lowest BCUT2D eigenvalue weighted by atomic mass is 10.0. The van der Waals surface area contributed by atoms with Gasteiger partial charge in [0.2, 0.25) is 11.9 Å². The van der Waals surface area contributed by atoms with Crippen LogP contribution in [0.2, 0.25) is 0 Å². The fourth-order valence-electron chi connectivity index (χ4n) is 2.49. The maximum absolute atomic E-state index is 13.5. The maximum atomic E-state index is 13.5. The molecule has 0 unspecified atom stereocenters. The number of hydrogen-bond donors (Lipinski definition) is 2. The molecule has 2 N–H and O–H groups in total. The standard InChI is InChI=1S/C14H16FN5O2/c15-11-3-1-2-10(8-11)12(20-4-6-22-7-5-20)13(21)18-14-16-9-17-19-14/h1-3,8-9,12H,4-7H2,(H2,16,17,18,19,21)/t12-/m0/s1. The number of rotatable bonds is 4. The van der Waals surface area contributed by atoms with Crippen LogP contribution in [0.5, 0.6) is 0 Å². The number of nitrogens with zero attached hydrogens (tertiary/aromatic N) is 3. The van der Waals surface area contributed by atoms with E-state index in [4.69, 9.17) is 4.74 Å². The number of morpholine rings is 1. The number of anilines is 1. The van der Waals surface area contributed by atoms with E-state index < -0.39 is 6.04 Å². The van der Waals surface area contributed by atoms with Crippen LogP contribution in [0.15, 0.2) is 30.6 Å². The minimum absolute atomic E-state index is 0.264. The van der Waals surface area contributed by atoms with Crippen LogP contribution in [-0.4, -0.2) is 52.3 Å². The summed E-state index contributed by atoms with van der Waals surface area (Å²) in [6, 6.07) is 5.46. The molecule has 0 aliphatic carbocycles. The second-order valence-electron chi connectivity index (χ2n) is 4.93. The van der Waals surface area contributed by atoms with Crippen LogP contribution < -0.4 is 5.32 Å². The molecule has 2 aromatic rings. The predicted molar refractivity (Wildman–Crippen MR) is 76.5 cm³/mol. The van der Waals surface area contributed by atoms with Crippen molar-refractivity contribution in [2.24, 2.45) is 0 Å². The number of benzene rings is 1. The van der Waals surface area contributed by atoms with Gasteiger partial charge in [0, 0.05) is 13.1 Å². The molecule has 1 saturated heterocycles. The van der Waals surface area contributed by atoms with Gasteiger partial charge in [-0.3, -0.25) is 15.0 Å². The third-order valence-corrected chi connectivity index (χ3v) is 3.48. The summed E-state index contributed by atoms with van der Waals surface area (Å²) in [5, 5.41) is 8.93. The molecule has 1 aromatic carbocycles. The first-order valence-electron chi connectivity index (χ1n) is 6.97. The summed E-state index contributed by atoms with van der Waals surface area (Å²) in [5.74, 6) is -0.396. The Hall–Kier alpha value is -2.32. The van der Waals surface area contributed by atoms with E-state index in [0.717, 1.165) is 0 Å². The van der Waals surface area contributed by atoms with Crippen molar-refractivity contribution in [2.45, 2.75) is 6.04 Å². The summed E-state index contributed by atoms with van der Waals surface area (Å²) >= 11 is 0. The molecule has 2 heterocycles. The summed E-state index contributed by atoms with van der Waals surface area (Å²) in [6.07, 6.45) is 1.31. The smallest absolute Gasteiger partial charge is 0.248 e. The Balaban J connectivity index is 1.86. The lowest BCUT2D eigenvalue weighted by Gasteiger charge is -2.33. The van der Waals surface area contributed by atoms with Crippen molar-refractivity contribution in [3.8, 4) is 0 Å². The van der Waals surface area contributed by atoms with Crippen molar-refractivity contribution < 1.29 is 13.9 Å². The van der Waals surface area contributed by atoms with E-state index in [1.54, 1.807) is 12.1 Å². The first-order valence-corrected chi connectivity index (χ1v) is 6.97. The average molecular weight is 305 g/mol. The predicted octanol–water partition coefficient (Wildman–Crippen LogP) is 0.956. The molecule has 0 bridgehead atoms. The molecule has 1 aliphatic rings. The Bertz CT molecular complexity index is 628. The van der Waals surface area contributed by atoms with E-state index in [2.05, 4.69) is 20.5 Å². The van der Waals surface area contributed by atoms with Gasteiger partial charge in [0.05, 0.1) is 13.2 Å². The van der Waals surface area contributed by atoms with Gasteiger partial charge in [-0.2, -0.15) is 10.1 Å². The minimum Gasteiger partial charge on any atom is -0.379 e. The van der Waals surface area contributed by atoms with Crippen LogP contribution in [0.1, 0.15) is 11.6 Å². The first kappa shape index (κ1) is 14.6. The summed E-state index contributed by atoms with van der Waals surface area (Å²) in [6.45, 7) is 2.29. The number of halogens is 1. The molecule has 1 aromatic heterocycles. The van der Waals surface area contributed by atoms with Crippen molar-refractivity contribution >= 4 is 11.9 Å². The van der Waals surface area contributed by atoms with Gasteiger partial charge in [-0.05, 0) is 17.7 Å². The zero-order valence-electron chi connectivity index (χ0n) is 11.8. The molecule has 3 rings (SSSR count). The topological polar surface area (TPSA) is 83.1 Å². The van der Waals surface area contributed by atoms with Crippen LogP contribution in [0.25, 0.3) is 0 Å². The monoisotopic (exact) mass is 305 g/mol. The van der Waals surface area contributed by atoms with Gasteiger partial charge >= 0.3 is 0 Å².